The average Bonchev–Trinajstić information content (AvgIpc) is 2.61. The maximum absolute atomic E-state index is 12.7. The first-order chi connectivity index (χ1) is 13.6. The van der Waals surface area contributed by atoms with Gasteiger partial charge in [0.1, 0.15) is 11.4 Å². The van der Waals surface area contributed by atoms with E-state index in [0.717, 1.165) is 17.8 Å². The van der Waals surface area contributed by atoms with E-state index in [4.69, 9.17) is 16.3 Å². The number of halogens is 1. The van der Waals surface area contributed by atoms with Crippen LogP contribution in [-0.2, 0) is 17.7 Å². The zero-order chi connectivity index (χ0) is 21.2. The Kier molecular flexibility index (Phi) is 6.29. The van der Waals surface area contributed by atoms with Gasteiger partial charge in [-0.25, -0.2) is 9.78 Å². The summed E-state index contributed by atoms with van der Waals surface area (Å²) in [5.41, 5.74) is 1.67. The zero-order valence-corrected chi connectivity index (χ0v) is 18.0. The zero-order valence-electron chi connectivity index (χ0n) is 17.2. The maximum atomic E-state index is 12.7. The van der Waals surface area contributed by atoms with Gasteiger partial charge in [-0.15, -0.1) is 0 Å². The van der Waals surface area contributed by atoms with Crippen molar-refractivity contribution in [3.63, 3.8) is 0 Å². The minimum Gasteiger partial charge on any atom is -0.444 e. The Morgan fingerprint density at radius 1 is 1.34 bits per heavy atom. The number of amides is 1. The van der Waals surface area contributed by atoms with E-state index in [1.807, 2.05) is 39.8 Å². The quantitative estimate of drug-likeness (QED) is 0.794. The predicted molar refractivity (Wildman–Crippen MR) is 113 cm³/mol. The maximum Gasteiger partial charge on any atom is 0.407 e. The highest BCUT2D eigenvalue weighted by molar-refractivity contribution is 6.30. The van der Waals surface area contributed by atoms with Crippen molar-refractivity contribution in [1.82, 2.24) is 20.2 Å². The van der Waals surface area contributed by atoms with Crippen LogP contribution in [0.2, 0.25) is 5.02 Å². The molecule has 1 amide bonds. The van der Waals surface area contributed by atoms with Gasteiger partial charge in [0, 0.05) is 42.7 Å². The first-order valence-electron chi connectivity index (χ1n) is 9.70. The van der Waals surface area contributed by atoms with Gasteiger partial charge < -0.3 is 15.0 Å². The Hall–Kier alpha value is -2.38. The van der Waals surface area contributed by atoms with Crippen LogP contribution in [0.25, 0.3) is 11.4 Å². The normalized spacial score (nSPS) is 15.5. The van der Waals surface area contributed by atoms with E-state index in [1.54, 1.807) is 12.1 Å². The summed E-state index contributed by atoms with van der Waals surface area (Å²) < 4.78 is 5.29. The van der Waals surface area contributed by atoms with Crippen molar-refractivity contribution >= 4 is 17.7 Å². The standard InChI is InChI=1S/C21H27ClN4O3/c1-13(23-20(28)29-21(2,3)4)11-26-10-9-17-16(12-26)19(27)25-18(24-17)14-5-7-15(22)8-6-14/h5-8,13H,9-12H2,1-4H3,(H,23,28)(H,24,25,27). The number of benzene rings is 1. The second-order valence-corrected chi connectivity index (χ2v) is 8.82. The minimum absolute atomic E-state index is 0.105. The number of ether oxygens (including phenoxy) is 1. The highest BCUT2D eigenvalue weighted by Crippen LogP contribution is 2.20. The molecule has 0 saturated heterocycles. The van der Waals surface area contributed by atoms with E-state index in [-0.39, 0.29) is 11.6 Å². The summed E-state index contributed by atoms with van der Waals surface area (Å²) in [5, 5.41) is 3.48. The number of hydrogen-bond donors (Lipinski definition) is 2. The summed E-state index contributed by atoms with van der Waals surface area (Å²) in [5.74, 6) is 0.554. The second kappa shape index (κ2) is 8.55. The lowest BCUT2D eigenvalue weighted by Gasteiger charge is -2.30. The number of hydrogen-bond acceptors (Lipinski definition) is 5. The molecule has 0 aliphatic carbocycles. The summed E-state index contributed by atoms with van der Waals surface area (Å²) in [4.78, 5) is 34.3. The number of carbonyl (C=O) groups excluding carboxylic acids is 1. The number of alkyl carbamates (subject to hydrolysis) is 1. The third-order valence-corrected chi connectivity index (χ3v) is 4.81. The Bertz CT molecular complexity index is 934. The topological polar surface area (TPSA) is 87.3 Å². The number of nitrogens with zero attached hydrogens (tertiary/aromatic N) is 2. The van der Waals surface area contributed by atoms with Crippen LogP contribution < -0.4 is 10.9 Å². The first-order valence-corrected chi connectivity index (χ1v) is 10.1. The molecule has 0 spiro atoms. The highest BCUT2D eigenvalue weighted by Gasteiger charge is 2.24. The first kappa shape index (κ1) is 21.3. The SMILES string of the molecule is CC(CN1CCc2nc(-c3ccc(Cl)cc3)[nH]c(=O)c2C1)NC(=O)OC(C)(C)C. The molecule has 1 atom stereocenters. The van der Waals surface area contributed by atoms with Gasteiger partial charge in [-0.05, 0) is 52.0 Å². The summed E-state index contributed by atoms with van der Waals surface area (Å²) in [6, 6.07) is 7.12. The fraction of sp³-hybridized carbons (Fsp3) is 0.476. The van der Waals surface area contributed by atoms with Crippen molar-refractivity contribution in [2.75, 3.05) is 13.1 Å². The smallest absolute Gasteiger partial charge is 0.407 e. The van der Waals surface area contributed by atoms with Crippen molar-refractivity contribution < 1.29 is 9.53 Å². The Morgan fingerprint density at radius 3 is 2.69 bits per heavy atom. The lowest BCUT2D eigenvalue weighted by Crippen LogP contribution is -2.46. The van der Waals surface area contributed by atoms with Crippen molar-refractivity contribution in [2.45, 2.75) is 52.3 Å². The lowest BCUT2D eigenvalue weighted by molar-refractivity contribution is 0.0495. The molecule has 0 saturated carbocycles. The molecule has 1 aliphatic heterocycles. The fourth-order valence-corrected chi connectivity index (χ4v) is 3.45. The molecule has 1 unspecified atom stereocenters. The van der Waals surface area contributed by atoms with Crippen LogP contribution in [0.5, 0.6) is 0 Å². The fourth-order valence-electron chi connectivity index (χ4n) is 3.32. The average molecular weight is 419 g/mol. The van der Waals surface area contributed by atoms with Crippen LogP contribution in [0.3, 0.4) is 0 Å². The third-order valence-electron chi connectivity index (χ3n) is 4.56. The molecular weight excluding hydrogens is 392 g/mol. The third kappa shape index (κ3) is 5.81. The Labute approximate surface area is 175 Å². The monoisotopic (exact) mass is 418 g/mol. The molecule has 1 aliphatic rings. The van der Waals surface area contributed by atoms with Crippen LogP contribution in [0.1, 0.15) is 39.0 Å². The molecule has 1 aromatic heterocycles. The van der Waals surface area contributed by atoms with Gasteiger partial charge in [-0.1, -0.05) is 11.6 Å². The summed E-state index contributed by atoms with van der Waals surface area (Å²) in [6.45, 7) is 9.30. The molecule has 2 heterocycles. The molecule has 8 heteroatoms. The van der Waals surface area contributed by atoms with Gasteiger partial charge in [0.2, 0.25) is 0 Å². The van der Waals surface area contributed by atoms with Gasteiger partial charge in [0.25, 0.3) is 5.56 Å². The number of fused-ring (bicyclic) bond motifs is 1. The summed E-state index contributed by atoms with van der Waals surface area (Å²) in [7, 11) is 0. The lowest BCUT2D eigenvalue weighted by atomic mass is 10.1. The molecule has 3 rings (SSSR count). The minimum atomic E-state index is -0.533. The number of nitrogens with one attached hydrogen (secondary N) is 2. The Balaban J connectivity index is 1.66. The van der Waals surface area contributed by atoms with E-state index < -0.39 is 11.7 Å². The molecule has 2 N–H and O–H groups in total. The molecule has 1 aromatic carbocycles. The molecule has 0 radical (unpaired) electrons. The summed E-state index contributed by atoms with van der Waals surface area (Å²) >= 11 is 5.93. The van der Waals surface area contributed by atoms with Crippen molar-refractivity contribution in [3.05, 3.63) is 50.9 Å². The van der Waals surface area contributed by atoms with Gasteiger partial charge >= 0.3 is 6.09 Å². The summed E-state index contributed by atoms with van der Waals surface area (Å²) in [6.07, 6.45) is 0.244. The molecule has 2 aromatic rings. The number of carbonyl (C=O) groups is 1. The molecular formula is C21H27ClN4O3. The van der Waals surface area contributed by atoms with E-state index in [9.17, 15) is 9.59 Å². The van der Waals surface area contributed by atoms with Crippen LogP contribution in [-0.4, -0.2) is 45.7 Å². The van der Waals surface area contributed by atoms with Crippen LogP contribution >= 0.6 is 11.6 Å². The van der Waals surface area contributed by atoms with E-state index in [1.165, 1.54) is 0 Å². The van der Waals surface area contributed by atoms with Crippen LogP contribution in [0.15, 0.2) is 29.1 Å². The molecule has 156 valence electrons. The van der Waals surface area contributed by atoms with Crippen LogP contribution in [0, 0.1) is 0 Å². The van der Waals surface area contributed by atoms with Gasteiger partial charge in [-0.2, -0.15) is 0 Å². The van der Waals surface area contributed by atoms with Crippen molar-refractivity contribution in [2.24, 2.45) is 0 Å². The van der Waals surface area contributed by atoms with Crippen molar-refractivity contribution in [3.8, 4) is 11.4 Å². The van der Waals surface area contributed by atoms with E-state index >= 15 is 0 Å². The Morgan fingerprint density at radius 2 is 2.03 bits per heavy atom. The number of H-pyrrole nitrogens is 1. The van der Waals surface area contributed by atoms with Gasteiger partial charge in [0.05, 0.1) is 11.3 Å². The molecule has 0 fully saturated rings. The highest BCUT2D eigenvalue weighted by atomic mass is 35.5. The largest absolute Gasteiger partial charge is 0.444 e. The molecule has 0 bridgehead atoms. The van der Waals surface area contributed by atoms with Gasteiger partial charge in [0.15, 0.2) is 0 Å². The second-order valence-electron chi connectivity index (χ2n) is 8.38. The van der Waals surface area contributed by atoms with E-state index in [0.29, 0.717) is 35.9 Å². The van der Waals surface area contributed by atoms with Gasteiger partial charge in [-0.3, -0.25) is 9.69 Å². The number of rotatable bonds is 4. The predicted octanol–water partition coefficient (Wildman–Crippen LogP) is 3.36. The van der Waals surface area contributed by atoms with Crippen molar-refractivity contribution in [1.29, 1.82) is 0 Å². The number of aromatic nitrogens is 2. The van der Waals surface area contributed by atoms with E-state index in [2.05, 4.69) is 20.2 Å². The van der Waals surface area contributed by atoms with Crippen LogP contribution in [0.4, 0.5) is 4.79 Å². The molecule has 7 nitrogen and oxygen atoms in total. The number of aromatic amines is 1. The molecule has 29 heavy (non-hydrogen) atoms.